The van der Waals surface area contributed by atoms with Gasteiger partial charge in [0.05, 0.1) is 6.42 Å². The number of nitrogens with one attached hydrogen (secondary N) is 1. The van der Waals surface area contributed by atoms with Crippen molar-refractivity contribution in [2.24, 2.45) is 0 Å². The topological polar surface area (TPSA) is 32.3 Å². The number of halogens is 2. The first kappa shape index (κ1) is 15.5. The highest BCUT2D eigenvalue weighted by Gasteiger charge is 2.15. The molecule has 18 heavy (non-hydrogen) atoms. The summed E-state index contributed by atoms with van der Waals surface area (Å²) in [7, 11) is 0. The maximum Gasteiger partial charge on any atom is 0.227 e. The number of hydrogen-bond acceptors (Lipinski definition) is 2. The van der Waals surface area contributed by atoms with Crippen LogP contribution in [0.15, 0.2) is 28.7 Å². The fourth-order valence-corrected chi connectivity index (χ4v) is 2.25. The van der Waals surface area contributed by atoms with E-state index in [2.05, 4.69) is 21.2 Å². The number of carbonyl (C=O) groups excluding carboxylic acids is 1. The monoisotopic (exact) mass is 332 g/mol. The number of hydrogen-bond donors (Lipinski definition) is 1. The van der Waals surface area contributed by atoms with Gasteiger partial charge in [-0.3, -0.25) is 4.79 Å². The third-order valence-electron chi connectivity index (χ3n) is 2.96. The molecule has 1 aromatic carbocycles. The molecule has 1 aliphatic rings. The lowest BCUT2D eigenvalue weighted by atomic mass is 10.1. The summed E-state index contributed by atoms with van der Waals surface area (Å²) in [5, 5.41) is 3.30. The van der Waals surface area contributed by atoms with E-state index in [9.17, 15) is 4.79 Å². The molecular formula is C13H18BrClN2O. The first-order valence-corrected chi connectivity index (χ1v) is 6.78. The average molecular weight is 334 g/mol. The quantitative estimate of drug-likeness (QED) is 0.900. The summed E-state index contributed by atoms with van der Waals surface area (Å²) in [6.07, 6.45) is 1.55. The van der Waals surface area contributed by atoms with Crippen molar-refractivity contribution < 1.29 is 4.79 Å². The van der Waals surface area contributed by atoms with Crippen LogP contribution in [0.1, 0.15) is 12.0 Å². The van der Waals surface area contributed by atoms with Crippen LogP contribution in [0.2, 0.25) is 0 Å². The number of rotatable bonds is 2. The van der Waals surface area contributed by atoms with Crippen LogP contribution in [-0.2, 0) is 11.2 Å². The fourth-order valence-electron chi connectivity index (χ4n) is 1.98. The van der Waals surface area contributed by atoms with Crippen LogP contribution >= 0.6 is 28.3 Å². The van der Waals surface area contributed by atoms with Crippen LogP contribution in [0.4, 0.5) is 0 Å². The first-order valence-electron chi connectivity index (χ1n) is 5.98. The Bertz CT molecular complexity index is 375. The Balaban J connectivity index is 0.00000162. The van der Waals surface area contributed by atoms with E-state index in [1.54, 1.807) is 0 Å². The van der Waals surface area contributed by atoms with Gasteiger partial charge >= 0.3 is 0 Å². The van der Waals surface area contributed by atoms with Gasteiger partial charge in [0.2, 0.25) is 5.91 Å². The van der Waals surface area contributed by atoms with Gasteiger partial charge in [-0.25, -0.2) is 0 Å². The van der Waals surface area contributed by atoms with Gasteiger partial charge in [0.25, 0.3) is 0 Å². The van der Waals surface area contributed by atoms with E-state index in [0.717, 1.165) is 42.6 Å². The van der Waals surface area contributed by atoms with E-state index in [1.807, 2.05) is 29.2 Å². The highest BCUT2D eigenvalue weighted by molar-refractivity contribution is 9.10. The van der Waals surface area contributed by atoms with Gasteiger partial charge in [-0.1, -0.05) is 28.1 Å². The van der Waals surface area contributed by atoms with Crippen molar-refractivity contribution in [1.29, 1.82) is 0 Å². The molecule has 0 bridgehead atoms. The average Bonchev–Trinajstić information content (AvgIpc) is 2.61. The molecule has 1 aromatic rings. The standard InChI is InChI=1S/C13H17BrN2O.ClH/c14-12-4-2-11(3-5-12)10-13(17)16-8-1-6-15-7-9-16;/h2-5,15H,1,6-10H2;1H. The summed E-state index contributed by atoms with van der Waals surface area (Å²) in [5.74, 6) is 0.232. The minimum absolute atomic E-state index is 0. The molecule has 1 heterocycles. The van der Waals surface area contributed by atoms with Crippen LogP contribution < -0.4 is 5.32 Å². The molecule has 0 aliphatic carbocycles. The third-order valence-corrected chi connectivity index (χ3v) is 3.49. The summed E-state index contributed by atoms with van der Waals surface area (Å²) in [5.41, 5.74) is 1.08. The molecule has 100 valence electrons. The Morgan fingerprint density at radius 1 is 1.22 bits per heavy atom. The van der Waals surface area contributed by atoms with Crippen LogP contribution in [0.5, 0.6) is 0 Å². The zero-order chi connectivity index (χ0) is 12.1. The normalized spacial score (nSPS) is 15.7. The van der Waals surface area contributed by atoms with Gasteiger partial charge in [-0.05, 0) is 30.7 Å². The Labute approximate surface area is 122 Å². The number of benzene rings is 1. The van der Waals surface area contributed by atoms with Gasteiger partial charge in [-0.15, -0.1) is 12.4 Å². The van der Waals surface area contributed by atoms with Crippen LogP contribution in [-0.4, -0.2) is 37.0 Å². The summed E-state index contributed by atoms with van der Waals surface area (Å²) in [4.78, 5) is 14.1. The number of carbonyl (C=O) groups is 1. The summed E-state index contributed by atoms with van der Waals surface area (Å²) < 4.78 is 1.05. The minimum Gasteiger partial charge on any atom is -0.341 e. The van der Waals surface area contributed by atoms with Gasteiger partial charge < -0.3 is 10.2 Å². The minimum atomic E-state index is 0. The molecule has 0 spiro atoms. The van der Waals surface area contributed by atoms with E-state index < -0.39 is 0 Å². The van der Waals surface area contributed by atoms with E-state index in [4.69, 9.17) is 0 Å². The highest BCUT2D eigenvalue weighted by atomic mass is 79.9. The maximum absolute atomic E-state index is 12.1. The lowest BCUT2D eigenvalue weighted by Crippen LogP contribution is -2.35. The Kier molecular flexibility index (Phi) is 6.68. The summed E-state index contributed by atoms with van der Waals surface area (Å²) >= 11 is 3.39. The molecule has 1 N–H and O–H groups in total. The van der Waals surface area contributed by atoms with E-state index in [1.165, 1.54) is 0 Å². The van der Waals surface area contributed by atoms with Gasteiger partial charge in [-0.2, -0.15) is 0 Å². The van der Waals surface area contributed by atoms with Crippen LogP contribution in [0.25, 0.3) is 0 Å². The molecule has 1 aliphatic heterocycles. The molecule has 0 atom stereocenters. The van der Waals surface area contributed by atoms with Crippen molar-refractivity contribution >= 4 is 34.2 Å². The predicted molar refractivity (Wildman–Crippen MR) is 79.2 cm³/mol. The lowest BCUT2D eigenvalue weighted by Gasteiger charge is -2.19. The zero-order valence-corrected chi connectivity index (χ0v) is 12.6. The second-order valence-corrected chi connectivity index (χ2v) is 5.20. The number of nitrogens with zero attached hydrogens (tertiary/aromatic N) is 1. The summed E-state index contributed by atoms with van der Waals surface area (Å²) in [6, 6.07) is 7.95. The molecule has 0 radical (unpaired) electrons. The number of amides is 1. The Hall–Kier alpha value is -0.580. The molecule has 0 unspecified atom stereocenters. The van der Waals surface area contributed by atoms with Gasteiger partial charge in [0.1, 0.15) is 0 Å². The predicted octanol–water partition coefficient (Wildman–Crippen LogP) is 2.24. The molecule has 0 aromatic heterocycles. The molecule has 1 amide bonds. The Morgan fingerprint density at radius 3 is 2.67 bits per heavy atom. The van der Waals surface area contributed by atoms with E-state index in [0.29, 0.717) is 6.42 Å². The largest absolute Gasteiger partial charge is 0.341 e. The van der Waals surface area contributed by atoms with Gasteiger partial charge in [0, 0.05) is 24.1 Å². The molecule has 5 heteroatoms. The molecule has 3 nitrogen and oxygen atoms in total. The third kappa shape index (κ3) is 4.59. The molecule has 1 saturated heterocycles. The highest BCUT2D eigenvalue weighted by Crippen LogP contribution is 2.12. The maximum atomic E-state index is 12.1. The Morgan fingerprint density at radius 2 is 1.94 bits per heavy atom. The second kappa shape index (κ2) is 7.77. The lowest BCUT2D eigenvalue weighted by molar-refractivity contribution is -0.130. The van der Waals surface area contributed by atoms with Gasteiger partial charge in [0.15, 0.2) is 0 Å². The second-order valence-electron chi connectivity index (χ2n) is 4.29. The van der Waals surface area contributed by atoms with Crippen LogP contribution in [0.3, 0.4) is 0 Å². The van der Waals surface area contributed by atoms with Crippen molar-refractivity contribution in [2.45, 2.75) is 12.8 Å². The summed E-state index contributed by atoms with van der Waals surface area (Å²) in [6.45, 7) is 3.63. The van der Waals surface area contributed by atoms with E-state index in [-0.39, 0.29) is 18.3 Å². The molecule has 2 rings (SSSR count). The molecule has 0 saturated carbocycles. The first-order chi connectivity index (χ1) is 8.25. The van der Waals surface area contributed by atoms with Crippen molar-refractivity contribution in [3.05, 3.63) is 34.3 Å². The molecule has 1 fully saturated rings. The fraction of sp³-hybridized carbons (Fsp3) is 0.462. The van der Waals surface area contributed by atoms with E-state index >= 15 is 0 Å². The van der Waals surface area contributed by atoms with Crippen molar-refractivity contribution in [1.82, 2.24) is 10.2 Å². The van der Waals surface area contributed by atoms with Crippen molar-refractivity contribution in [2.75, 3.05) is 26.2 Å². The van der Waals surface area contributed by atoms with Crippen molar-refractivity contribution in [3.63, 3.8) is 0 Å². The molecular weight excluding hydrogens is 316 g/mol. The smallest absolute Gasteiger partial charge is 0.227 e. The zero-order valence-electron chi connectivity index (χ0n) is 10.2. The van der Waals surface area contributed by atoms with Crippen molar-refractivity contribution in [3.8, 4) is 0 Å². The van der Waals surface area contributed by atoms with Crippen LogP contribution in [0, 0.1) is 0 Å². The SMILES string of the molecule is Cl.O=C(Cc1ccc(Br)cc1)N1CCCNCC1.